The third-order valence-electron chi connectivity index (χ3n) is 2.16. The third kappa shape index (κ3) is 4.29. The number of aliphatic hydroxyl groups is 1. The van der Waals surface area contributed by atoms with Crippen molar-refractivity contribution in [1.82, 2.24) is 14.5 Å². The summed E-state index contributed by atoms with van der Waals surface area (Å²) in [5, 5.41) is 21.3. The van der Waals surface area contributed by atoms with Crippen LogP contribution in [0, 0.1) is 0 Å². The first-order valence-corrected chi connectivity index (χ1v) is 6.74. The second-order valence-corrected chi connectivity index (χ2v) is 5.43. The minimum atomic E-state index is -4.01. The fourth-order valence-electron chi connectivity index (χ4n) is 1.20. The number of rotatable bonds is 7. The summed E-state index contributed by atoms with van der Waals surface area (Å²) in [7, 11) is -2.95. The number of hydrogen-bond donors (Lipinski definition) is 3. The summed E-state index contributed by atoms with van der Waals surface area (Å²) in [5.41, 5.74) is 0. The summed E-state index contributed by atoms with van der Waals surface area (Å²) in [5.74, 6) is -2.15. The highest BCUT2D eigenvalue weighted by atomic mass is 32.2. The van der Waals surface area contributed by atoms with E-state index < -0.39 is 41.2 Å². The number of aliphatic carboxylic acids is 1. The van der Waals surface area contributed by atoms with Crippen LogP contribution < -0.4 is 4.72 Å². The fraction of sp³-hybridized carbons (Fsp3) is 0.444. The smallest absolute Gasteiger partial charge is 0.336 e. The number of sulfonamides is 1. The number of carboxylic acids is 1. The number of hydrogen-bond acceptors (Lipinski definition) is 7. The molecule has 1 rings (SSSR count). The van der Waals surface area contributed by atoms with E-state index in [4.69, 9.17) is 5.11 Å². The minimum Gasteiger partial charge on any atom is -0.480 e. The maximum atomic E-state index is 11.8. The molecular formula is C9H13N3O7S. The van der Waals surface area contributed by atoms with Crippen molar-refractivity contribution < 1.29 is 33.0 Å². The lowest BCUT2D eigenvalue weighted by atomic mass is 10.4. The molecule has 0 amide bonds. The SMILES string of the molecule is COC(=O)C(O)CNS(=O)(=O)c1cnn(CC(=O)O)c1. The number of methoxy groups -OCH3 is 1. The Morgan fingerprint density at radius 3 is 2.75 bits per heavy atom. The normalized spacial score (nSPS) is 12.9. The molecule has 0 aliphatic rings. The highest BCUT2D eigenvalue weighted by Gasteiger charge is 2.21. The fourth-order valence-corrected chi connectivity index (χ4v) is 2.19. The van der Waals surface area contributed by atoms with Crippen molar-refractivity contribution in [2.45, 2.75) is 17.5 Å². The van der Waals surface area contributed by atoms with Crippen molar-refractivity contribution in [2.75, 3.05) is 13.7 Å². The molecule has 0 aromatic carbocycles. The zero-order chi connectivity index (χ0) is 15.3. The molecule has 0 saturated carbocycles. The predicted molar refractivity (Wildman–Crippen MR) is 63.1 cm³/mol. The van der Waals surface area contributed by atoms with Gasteiger partial charge in [0.1, 0.15) is 11.4 Å². The molecule has 0 saturated heterocycles. The number of aromatic nitrogens is 2. The van der Waals surface area contributed by atoms with Crippen molar-refractivity contribution in [3.05, 3.63) is 12.4 Å². The molecule has 1 aromatic heterocycles. The van der Waals surface area contributed by atoms with E-state index in [0.29, 0.717) is 0 Å². The highest BCUT2D eigenvalue weighted by Crippen LogP contribution is 2.06. The van der Waals surface area contributed by atoms with E-state index in [1.54, 1.807) is 0 Å². The molecule has 0 radical (unpaired) electrons. The number of aliphatic hydroxyl groups excluding tert-OH is 1. The summed E-state index contributed by atoms with van der Waals surface area (Å²) < 4.78 is 30.7. The van der Waals surface area contributed by atoms with Gasteiger partial charge in [0.25, 0.3) is 0 Å². The van der Waals surface area contributed by atoms with Crippen LogP contribution >= 0.6 is 0 Å². The Balaban J connectivity index is 2.71. The van der Waals surface area contributed by atoms with Crippen molar-refractivity contribution >= 4 is 22.0 Å². The molecule has 10 nitrogen and oxygen atoms in total. The van der Waals surface area contributed by atoms with E-state index in [1.807, 2.05) is 4.72 Å². The largest absolute Gasteiger partial charge is 0.480 e. The summed E-state index contributed by atoms with van der Waals surface area (Å²) >= 11 is 0. The van der Waals surface area contributed by atoms with E-state index >= 15 is 0 Å². The predicted octanol–water partition coefficient (Wildman–Crippen LogP) is -2.22. The molecule has 1 atom stereocenters. The standard InChI is InChI=1S/C9H13N3O7S/c1-19-9(16)7(13)3-11-20(17,18)6-2-10-12(4-6)5-8(14)15/h2,4,7,11,13H,3,5H2,1H3,(H,14,15). The van der Waals surface area contributed by atoms with Crippen LogP contribution in [0.25, 0.3) is 0 Å². The van der Waals surface area contributed by atoms with Crippen LogP contribution in [-0.4, -0.2) is 60.1 Å². The van der Waals surface area contributed by atoms with Crippen LogP contribution in [0.15, 0.2) is 17.3 Å². The monoisotopic (exact) mass is 307 g/mol. The first-order valence-electron chi connectivity index (χ1n) is 5.26. The van der Waals surface area contributed by atoms with E-state index in [2.05, 4.69) is 9.84 Å². The van der Waals surface area contributed by atoms with Gasteiger partial charge in [-0.15, -0.1) is 0 Å². The number of carboxylic acid groups (broad SMARTS) is 1. The summed E-state index contributed by atoms with van der Waals surface area (Å²) in [6.07, 6.45) is 0.334. The Labute approximate surface area is 114 Å². The van der Waals surface area contributed by atoms with Gasteiger partial charge in [-0.1, -0.05) is 0 Å². The molecule has 11 heteroatoms. The van der Waals surface area contributed by atoms with Gasteiger partial charge in [0.15, 0.2) is 6.10 Å². The first-order chi connectivity index (χ1) is 9.26. The van der Waals surface area contributed by atoms with Crippen LogP contribution in [0.4, 0.5) is 0 Å². The average molecular weight is 307 g/mol. The molecule has 1 unspecified atom stereocenters. The lowest BCUT2D eigenvalue weighted by Crippen LogP contribution is -2.37. The van der Waals surface area contributed by atoms with Crippen molar-refractivity contribution in [3.8, 4) is 0 Å². The van der Waals surface area contributed by atoms with Gasteiger partial charge in [-0.3, -0.25) is 9.48 Å². The topological polar surface area (TPSA) is 148 Å². The van der Waals surface area contributed by atoms with Gasteiger partial charge in [0.05, 0.1) is 13.3 Å². The highest BCUT2D eigenvalue weighted by molar-refractivity contribution is 7.89. The Bertz CT molecular complexity index is 594. The molecule has 0 fully saturated rings. The lowest BCUT2D eigenvalue weighted by molar-refractivity contribution is -0.149. The number of carbonyl (C=O) groups is 2. The first kappa shape index (κ1) is 16.1. The molecule has 0 bridgehead atoms. The van der Waals surface area contributed by atoms with Gasteiger partial charge < -0.3 is 14.9 Å². The number of esters is 1. The maximum Gasteiger partial charge on any atom is 0.336 e. The quantitative estimate of drug-likeness (QED) is 0.480. The molecule has 1 heterocycles. The van der Waals surface area contributed by atoms with Crippen LogP contribution in [-0.2, 0) is 30.9 Å². The summed E-state index contributed by atoms with van der Waals surface area (Å²) in [6, 6.07) is 0. The Morgan fingerprint density at radius 1 is 1.55 bits per heavy atom. The van der Waals surface area contributed by atoms with Crippen molar-refractivity contribution in [3.63, 3.8) is 0 Å². The van der Waals surface area contributed by atoms with Gasteiger partial charge in [-0.05, 0) is 0 Å². The van der Waals surface area contributed by atoms with Gasteiger partial charge in [-0.2, -0.15) is 5.10 Å². The third-order valence-corrected chi connectivity index (χ3v) is 3.54. The summed E-state index contributed by atoms with van der Waals surface area (Å²) in [4.78, 5) is 21.1. The van der Waals surface area contributed by atoms with Gasteiger partial charge in [-0.25, -0.2) is 17.9 Å². The molecule has 0 spiro atoms. The lowest BCUT2D eigenvalue weighted by Gasteiger charge is -2.09. The molecule has 0 aliphatic carbocycles. The van der Waals surface area contributed by atoms with Crippen LogP contribution in [0.1, 0.15) is 0 Å². The number of carbonyl (C=O) groups excluding carboxylic acids is 1. The van der Waals surface area contributed by atoms with E-state index in [-0.39, 0.29) is 4.90 Å². The van der Waals surface area contributed by atoms with Gasteiger partial charge in [0.2, 0.25) is 10.0 Å². The second kappa shape index (κ2) is 6.45. The van der Waals surface area contributed by atoms with E-state index in [9.17, 15) is 23.1 Å². The average Bonchev–Trinajstić information content (AvgIpc) is 2.83. The van der Waals surface area contributed by atoms with Gasteiger partial charge in [0, 0.05) is 12.7 Å². The Hall–Kier alpha value is -1.98. The zero-order valence-corrected chi connectivity index (χ0v) is 11.2. The van der Waals surface area contributed by atoms with Crippen LogP contribution in [0.2, 0.25) is 0 Å². The molecule has 3 N–H and O–H groups in total. The van der Waals surface area contributed by atoms with Crippen molar-refractivity contribution in [1.29, 1.82) is 0 Å². The number of nitrogens with zero attached hydrogens (tertiary/aromatic N) is 2. The number of nitrogens with one attached hydrogen (secondary N) is 1. The Kier molecular flexibility index (Phi) is 5.19. The van der Waals surface area contributed by atoms with Crippen LogP contribution in [0.3, 0.4) is 0 Å². The van der Waals surface area contributed by atoms with E-state index in [1.165, 1.54) is 0 Å². The molecular weight excluding hydrogens is 294 g/mol. The summed E-state index contributed by atoms with van der Waals surface area (Å²) in [6.45, 7) is -1.06. The number of ether oxygens (including phenoxy) is 1. The second-order valence-electron chi connectivity index (χ2n) is 3.66. The minimum absolute atomic E-state index is 0.282. The molecule has 112 valence electrons. The zero-order valence-electron chi connectivity index (χ0n) is 10.4. The molecule has 0 aliphatic heterocycles. The molecule has 1 aromatic rings. The Morgan fingerprint density at radius 2 is 2.20 bits per heavy atom. The maximum absolute atomic E-state index is 11.8. The molecule has 20 heavy (non-hydrogen) atoms. The van der Waals surface area contributed by atoms with Gasteiger partial charge >= 0.3 is 11.9 Å². The van der Waals surface area contributed by atoms with E-state index in [0.717, 1.165) is 24.2 Å². The van der Waals surface area contributed by atoms with Crippen molar-refractivity contribution in [2.24, 2.45) is 0 Å². The van der Waals surface area contributed by atoms with Crippen LogP contribution in [0.5, 0.6) is 0 Å².